The van der Waals surface area contributed by atoms with Crippen LogP contribution in [0.2, 0.25) is 0 Å². The number of fused-ring (bicyclic) bond motifs is 2. The number of hydrogen-bond acceptors (Lipinski definition) is 16. The van der Waals surface area contributed by atoms with Gasteiger partial charge in [-0.25, -0.2) is 19.6 Å². The predicted octanol–water partition coefficient (Wildman–Crippen LogP) is 9.34. The second kappa shape index (κ2) is 38.3. The lowest BCUT2D eigenvalue weighted by atomic mass is 9.83. The van der Waals surface area contributed by atoms with Crippen LogP contribution in [0.3, 0.4) is 0 Å². The van der Waals surface area contributed by atoms with Gasteiger partial charge in [0.15, 0.2) is 11.6 Å². The molecule has 7 rings (SSSR count). The maximum atomic E-state index is 15.1. The Labute approximate surface area is 591 Å². The van der Waals surface area contributed by atoms with Crippen LogP contribution in [0.1, 0.15) is 193 Å². The first-order valence-electron chi connectivity index (χ1n) is 36.5. The SMILES string of the molecule is CC[C@H](C)[C@@H]([C@@H](CC(=O)N1CCC[C@H]1[C@H](OC)[C@@H](C)C(=O)C[C@H](Cc1ccccc1)c1ncccn1)OC)N(C)C(=O)[C@@H](CC(=O)C1[C@H]2CC[C@H](C2)N1C(=O)OCc1ccc(CC(=O)[C@H](CCCNC(N)=O)NC(=O)[C@@H](CC(=O)CCCCCN2C(=O)CC(C)C2=O)C(C)C)cc1)C(C)C. The Morgan fingerprint density at radius 3 is 2.08 bits per heavy atom. The molecule has 14 atom stereocenters. The van der Waals surface area contributed by atoms with Gasteiger partial charge in [0, 0.05) is 127 Å². The number of ketones is 4. The molecule has 548 valence electrons. The molecule has 100 heavy (non-hydrogen) atoms. The van der Waals surface area contributed by atoms with Crippen LogP contribution in [0.25, 0.3) is 0 Å². The molecule has 4 N–H and O–H groups in total. The van der Waals surface area contributed by atoms with Crippen molar-refractivity contribution in [3.8, 4) is 0 Å². The summed E-state index contributed by atoms with van der Waals surface area (Å²) >= 11 is 0. The Hall–Kier alpha value is -7.79. The number of nitrogens with two attached hydrogens (primary N) is 1. The number of nitrogens with one attached hydrogen (secondary N) is 2. The molecule has 2 unspecified atom stereocenters. The number of rotatable bonds is 41. The molecule has 4 fully saturated rings. The molecule has 3 aliphatic heterocycles. The van der Waals surface area contributed by atoms with E-state index >= 15 is 4.79 Å². The molecular weight excluding hydrogens is 1270 g/mol. The normalized spacial score (nSPS) is 20.9. The van der Waals surface area contributed by atoms with Gasteiger partial charge in [-0.05, 0) is 111 Å². The van der Waals surface area contributed by atoms with E-state index in [2.05, 4.69) is 20.6 Å². The number of Topliss-reactive ketones (excluding diaryl/α,β-unsaturated/α-hetero) is 4. The zero-order chi connectivity index (χ0) is 72.9. The van der Waals surface area contributed by atoms with Crippen LogP contribution in [-0.2, 0) is 76.8 Å². The van der Waals surface area contributed by atoms with Gasteiger partial charge in [0.1, 0.15) is 24.0 Å². The number of carbonyl (C=O) groups excluding carboxylic acids is 11. The molecule has 4 aliphatic rings. The van der Waals surface area contributed by atoms with Crippen molar-refractivity contribution in [1.29, 1.82) is 0 Å². The highest BCUT2D eigenvalue weighted by atomic mass is 16.6. The van der Waals surface area contributed by atoms with Gasteiger partial charge in [0.25, 0.3) is 0 Å². The topological polar surface area (TPSA) is 304 Å². The first kappa shape index (κ1) is 79.5. The summed E-state index contributed by atoms with van der Waals surface area (Å²) in [6, 6.07) is 15.1. The summed E-state index contributed by atoms with van der Waals surface area (Å²) in [7, 11) is 4.86. The fraction of sp³-hybridized carbons (Fsp3) is 0.649. The molecule has 4 heterocycles. The summed E-state index contributed by atoms with van der Waals surface area (Å²) in [4.78, 5) is 166. The van der Waals surface area contributed by atoms with Gasteiger partial charge in [-0.2, -0.15) is 0 Å². The fourth-order valence-electron chi connectivity index (χ4n) is 15.6. The molecule has 0 radical (unpaired) electrons. The highest BCUT2D eigenvalue weighted by Crippen LogP contribution is 2.44. The number of likely N-dealkylation sites (N-methyl/N-ethyl adjacent to an activating group) is 1. The standard InChI is InChI=1S/C77H111N9O14/c1-12-49(6)69(66(98-10)45-68(92)84-37-20-26-62(84)71(99-11)51(8)63(88)42-56(72-79-34-21-35-80-72)39-52-22-15-13-16-23-52)83(9)75(95)60(48(4)5)44-65(90)70-55-31-32-57(41-55)86(70)77(97)100-46-54-29-27-53(28-30-54)40-64(89)61(25-19-33-81-76(78)96)82-73(93)59(47(2)3)43-58(87)24-17-14-18-36-85-67(91)38-50(7)74(85)94/h13,15-16,21-23,27-30,34-35,47-51,55-57,59-62,66,69-71H,12,14,17-20,24-26,31-33,36-46H2,1-11H3,(H,82,93)(H3,78,81,96)/t49-,50?,51-,55-,56-,57+,59-,60-,61-,62-,66+,69-,70?,71+/m0/s1. The third kappa shape index (κ3) is 21.4. The van der Waals surface area contributed by atoms with Crippen molar-refractivity contribution in [1.82, 2.24) is 40.2 Å². The number of benzene rings is 2. The number of amides is 8. The summed E-state index contributed by atoms with van der Waals surface area (Å²) in [5.74, 6) is -4.53. The van der Waals surface area contributed by atoms with Crippen LogP contribution in [-0.4, -0.2) is 178 Å². The highest BCUT2D eigenvalue weighted by Gasteiger charge is 2.53. The number of urea groups is 1. The van der Waals surface area contributed by atoms with E-state index in [9.17, 15) is 47.9 Å². The third-order valence-electron chi connectivity index (χ3n) is 21.6. The van der Waals surface area contributed by atoms with Crippen LogP contribution >= 0.6 is 0 Å². The lowest BCUT2D eigenvalue weighted by molar-refractivity contribution is -0.149. The van der Waals surface area contributed by atoms with Crippen LogP contribution in [0, 0.1) is 47.3 Å². The summed E-state index contributed by atoms with van der Waals surface area (Å²) < 4.78 is 18.3. The largest absolute Gasteiger partial charge is 0.445 e. The Balaban J connectivity index is 0.935. The van der Waals surface area contributed by atoms with Gasteiger partial charge >= 0.3 is 12.1 Å². The monoisotopic (exact) mass is 1390 g/mol. The molecular formula is C77H111N9O14. The lowest BCUT2D eigenvalue weighted by Gasteiger charge is -2.41. The van der Waals surface area contributed by atoms with Crippen LogP contribution in [0.15, 0.2) is 73.1 Å². The van der Waals surface area contributed by atoms with Gasteiger partial charge in [-0.3, -0.25) is 53.0 Å². The highest BCUT2D eigenvalue weighted by molar-refractivity contribution is 6.03. The minimum Gasteiger partial charge on any atom is -0.445 e. The van der Waals surface area contributed by atoms with E-state index in [1.807, 2.05) is 83.7 Å². The first-order chi connectivity index (χ1) is 47.8. The molecule has 8 amide bonds. The van der Waals surface area contributed by atoms with Crippen LogP contribution < -0.4 is 16.4 Å². The number of methoxy groups -OCH3 is 2. The zero-order valence-corrected chi connectivity index (χ0v) is 60.9. The number of ether oxygens (including phenoxy) is 3. The Morgan fingerprint density at radius 1 is 0.760 bits per heavy atom. The van der Waals surface area contributed by atoms with Gasteiger partial charge in [0.05, 0.1) is 42.8 Å². The third-order valence-corrected chi connectivity index (χ3v) is 21.6. The number of nitrogens with zero attached hydrogens (tertiary/aromatic N) is 6. The van der Waals surface area contributed by atoms with E-state index in [0.29, 0.717) is 87.8 Å². The second-order valence-electron chi connectivity index (χ2n) is 29.3. The van der Waals surface area contributed by atoms with Crippen LogP contribution in [0.4, 0.5) is 9.59 Å². The van der Waals surface area contributed by atoms with Crippen LogP contribution in [0.5, 0.6) is 0 Å². The summed E-state index contributed by atoms with van der Waals surface area (Å²) in [5.41, 5.74) is 7.63. The molecule has 23 heteroatoms. The van der Waals surface area contributed by atoms with E-state index < -0.39 is 66.1 Å². The molecule has 2 aromatic carbocycles. The lowest BCUT2D eigenvalue weighted by Crippen LogP contribution is -2.54. The number of piperidine rings is 1. The Bertz CT molecular complexity index is 3260. The van der Waals surface area contributed by atoms with Crippen molar-refractivity contribution in [3.63, 3.8) is 0 Å². The minimum atomic E-state index is -0.945. The zero-order valence-electron chi connectivity index (χ0n) is 60.9. The summed E-state index contributed by atoms with van der Waals surface area (Å²) in [6.07, 6.45) is 8.86. The average molecular weight is 1390 g/mol. The molecule has 1 saturated carbocycles. The number of hydrogen-bond donors (Lipinski definition) is 3. The molecule has 1 aromatic heterocycles. The smallest absolute Gasteiger partial charge is 0.410 e. The maximum absolute atomic E-state index is 15.1. The van der Waals surface area contributed by atoms with E-state index in [1.54, 1.807) is 80.7 Å². The van der Waals surface area contributed by atoms with E-state index in [-0.39, 0.29) is 159 Å². The Kier molecular flexibility index (Phi) is 30.5. The van der Waals surface area contributed by atoms with Gasteiger partial charge in [-0.1, -0.05) is 123 Å². The molecule has 3 aromatic rings. The molecule has 3 saturated heterocycles. The molecule has 0 spiro atoms. The van der Waals surface area contributed by atoms with E-state index in [1.165, 1.54) is 4.90 Å². The molecule has 2 bridgehead atoms. The minimum absolute atomic E-state index is 0.00940. The van der Waals surface area contributed by atoms with Gasteiger partial charge in [-0.15, -0.1) is 0 Å². The molecule has 1 aliphatic carbocycles. The van der Waals surface area contributed by atoms with Crippen molar-refractivity contribution in [2.75, 3.05) is 40.9 Å². The maximum Gasteiger partial charge on any atom is 0.410 e. The number of likely N-dealkylation sites (tertiary alicyclic amines) is 3. The van der Waals surface area contributed by atoms with Gasteiger partial charge < -0.3 is 40.4 Å². The van der Waals surface area contributed by atoms with Crippen molar-refractivity contribution in [3.05, 3.63) is 95.6 Å². The van der Waals surface area contributed by atoms with Gasteiger partial charge in [0.2, 0.25) is 29.5 Å². The number of primary amides is 1. The van der Waals surface area contributed by atoms with Crippen molar-refractivity contribution in [2.45, 2.75) is 232 Å². The van der Waals surface area contributed by atoms with E-state index in [0.717, 1.165) is 18.4 Å². The quantitative estimate of drug-likeness (QED) is 0.0352. The van der Waals surface area contributed by atoms with Crippen molar-refractivity contribution >= 4 is 64.8 Å². The molecule has 23 nitrogen and oxygen atoms in total. The number of unbranched alkanes of at least 4 members (excludes halogenated alkanes) is 2. The number of carbonyl (C=O) groups is 11. The first-order valence-corrected chi connectivity index (χ1v) is 36.5. The predicted molar refractivity (Wildman–Crippen MR) is 376 cm³/mol. The number of aromatic nitrogens is 2. The fourth-order valence-corrected chi connectivity index (χ4v) is 15.6. The second-order valence-corrected chi connectivity index (χ2v) is 29.3. The van der Waals surface area contributed by atoms with Crippen molar-refractivity contribution in [2.24, 2.45) is 53.1 Å². The van der Waals surface area contributed by atoms with Crippen molar-refractivity contribution < 1.29 is 67.0 Å². The Morgan fingerprint density at radius 2 is 1.45 bits per heavy atom. The summed E-state index contributed by atoms with van der Waals surface area (Å²) in [6.45, 7) is 16.0. The summed E-state index contributed by atoms with van der Waals surface area (Å²) in [5, 5.41) is 5.43. The van der Waals surface area contributed by atoms with E-state index in [4.69, 9.17) is 19.9 Å². The average Bonchev–Trinajstić information content (AvgIpc) is 1.60. The number of imide groups is 1.